The minimum atomic E-state index is -1.08. The number of carboxylic acid groups (broad SMARTS) is 1. The van der Waals surface area contributed by atoms with E-state index in [9.17, 15) is 9.59 Å². The molecule has 2 N–H and O–H groups in total. The number of ether oxygens (including phenoxy) is 1. The summed E-state index contributed by atoms with van der Waals surface area (Å²) < 4.78 is 4.34. The van der Waals surface area contributed by atoms with Crippen LogP contribution in [0.3, 0.4) is 0 Å². The van der Waals surface area contributed by atoms with Crippen molar-refractivity contribution in [3.05, 3.63) is 22.4 Å². The number of carbonyl (C=O) groups is 2. The maximum atomic E-state index is 10.9. The molecule has 82 valence electrons. The predicted octanol–water partition coefficient (Wildman–Crippen LogP) is 1.10. The SMILES string of the molecule is COC(=O)N[C@@H](Cc1cccs1)C(=O)O. The maximum absolute atomic E-state index is 10.9. The molecule has 0 saturated carbocycles. The molecule has 1 atom stereocenters. The Balaban J connectivity index is 2.59. The molecule has 0 fully saturated rings. The van der Waals surface area contributed by atoms with Crippen LogP contribution in [0.25, 0.3) is 0 Å². The lowest BCUT2D eigenvalue weighted by Crippen LogP contribution is -2.42. The second kappa shape index (κ2) is 5.35. The molecule has 1 aromatic heterocycles. The Labute approximate surface area is 90.7 Å². The summed E-state index contributed by atoms with van der Waals surface area (Å²) in [6.07, 6.45) is -0.471. The van der Waals surface area contributed by atoms with Crippen LogP contribution in [0, 0.1) is 0 Å². The number of nitrogens with one attached hydrogen (secondary N) is 1. The lowest BCUT2D eigenvalue weighted by molar-refractivity contribution is -0.139. The van der Waals surface area contributed by atoms with Gasteiger partial charge in [-0.05, 0) is 11.4 Å². The fourth-order valence-electron chi connectivity index (χ4n) is 1.03. The van der Waals surface area contributed by atoms with Crippen LogP contribution in [0.5, 0.6) is 0 Å². The first-order valence-electron chi connectivity index (χ1n) is 4.23. The highest BCUT2D eigenvalue weighted by Gasteiger charge is 2.20. The molecule has 0 aliphatic heterocycles. The summed E-state index contributed by atoms with van der Waals surface area (Å²) in [7, 11) is 1.19. The number of amides is 1. The standard InChI is InChI=1S/C9H11NO4S/c1-14-9(13)10-7(8(11)12)5-6-3-2-4-15-6/h2-4,7H,5H2,1H3,(H,10,13)(H,11,12)/t7-/m0/s1. The fraction of sp³-hybridized carbons (Fsp3) is 0.333. The number of carboxylic acids is 1. The summed E-state index contributed by atoms with van der Waals surface area (Å²) in [5, 5.41) is 13.0. The molecular weight excluding hydrogens is 218 g/mol. The molecule has 0 bridgehead atoms. The third-order valence-electron chi connectivity index (χ3n) is 1.76. The number of thiophene rings is 1. The largest absolute Gasteiger partial charge is 0.480 e. The van der Waals surface area contributed by atoms with Crippen LogP contribution in [0.15, 0.2) is 17.5 Å². The van der Waals surface area contributed by atoms with Crippen molar-refractivity contribution < 1.29 is 19.4 Å². The molecule has 1 aromatic rings. The normalized spacial score (nSPS) is 11.8. The Morgan fingerprint density at radius 3 is 2.87 bits per heavy atom. The molecule has 0 saturated heterocycles. The van der Waals surface area contributed by atoms with Crippen LogP contribution in [0.1, 0.15) is 4.88 Å². The van der Waals surface area contributed by atoms with Crippen molar-refractivity contribution in [3.63, 3.8) is 0 Å². The van der Waals surface area contributed by atoms with Gasteiger partial charge in [0.1, 0.15) is 6.04 Å². The highest BCUT2D eigenvalue weighted by molar-refractivity contribution is 7.09. The van der Waals surface area contributed by atoms with E-state index in [1.165, 1.54) is 18.4 Å². The second-order valence-electron chi connectivity index (χ2n) is 2.81. The molecule has 1 rings (SSSR count). The van der Waals surface area contributed by atoms with Crippen molar-refractivity contribution in [3.8, 4) is 0 Å². The fourth-order valence-corrected chi connectivity index (χ4v) is 1.78. The van der Waals surface area contributed by atoms with Gasteiger partial charge in [-0.3, -0.25) is 0 Å². The third kappa shape index (κ3) is 3.59. The van der Waals surface area contributed by atoms with E-state index in [1.54, 1.807) is 0 Å². The second-order valence-corrected chi connectivity index (χ2v) is 3.84. The Morgan fingerprint density at radius 1 is 1.67 bits per heavy atom. The van der Waals surface area contributed by atoms with Crippen LogP contribution in [0.2, 0.25) is 0 Å². The topological polar surface area (TPSA) is 75.6 Å². The molecule has 15 heavy (non-hydrogen) atoms. The molecule has 1 heterocycles. The molecule has 5 nitrogen and oxygen atoms in total. The summed E-state index contributed by atoms with van der Waals surface area (Å²) >= 11 is 1.45. The molecular formula is C9H11NO4S. The molecule has 0 aromatic carbocycles. The first-order chi connectivity index (χ1) is 7.13. The van der Waals surface area contributed by atoms with E-state index in [1.807, 2.05) is 17.5 Å². The molecule has 0 unspecified atom stereocenters. The van der Waals surface area contributed by atoms with Crippen molar-refractivity contribution in [1.29, 1.82) is 0 Å². The molecule has 6 heteroatoms. The van der Waals surface area contributed by atoms with Crippen molar-refractivity contribution in [2.45, 2.75) is 12.5 Å². The van der Waals surface area contributed by atoms with Crippen LogP contribution in [0.4, 0.5) is 4.79 Å². The summed E-state index contributed by atoms with van der Waals surface area (Å²) in [6.45, 7) is 0. The lowest BCUT2D eigenvalue weighted by atomic mass is 10.2. The average molecular weight is 229 g/mol. The zero-order chi connectivity index (χ0) is 11.3. The van der Waals surface area contributed by atoms with E-state index < -0.39 is 18.1 Å². The Bertz CT molecular complexity index is 336. The number of methoxy groups -OCH3 is 1. The van der Waals surface area contributed by atoms with Crippen LogP contribution in [-0.2, 0) is 16.0 Å². The Morgan fingerprint density at radius 2 is 2.40 bits per heavy atom. The van der Waals surface area contributed by atoms with E-state index in [4.69, 9.17) is 5.11 Å². The van der Waals surface area contributed by atoms with Gasteiger partial charge in [0.05, 0.1) is 7.11 Å². The summed E-state index contributed by atoms with van der Waals surface area (Å²) in [5.74, 6) is -1.08. The van der Waals surface area contributed by atoms with Crippen molar-refractivity contribution in [1.82, 2.24) is 5.32 Å². The van der Waals surface area contributed by atoms with E-state index in [0.29, 0.717) is 0 Å². The van der Waals surface area contributed by atoms with Crippen molar-refractivity contribution in [2.75, 3.05) is 7.11 Å². The summed E-state index contributed by atoms with van der Waals surface area (Å²) in [4.78, 5) is 22.6. The highest BCUT2D eigenvalue weighted by atomic mass is 32.1. The smallest absolute Gasteiger partial charge is 0.407 e. The van der Waals surface area contributed by atoms with Gasteiger partial charge in [-0.25, -0.2) is 9.59 Å². The van der Waals surface area contributed by atoms with Crippen LogP contribution >= 0.6 is 11.3 Å². The minimum absolute atomic E-state index is 0.266. The van der Waals surface area contributed by atoms with Gasteiger partial charge in [0.15, 0.2) is 0 Å². The number of alkyl carbamates (subject to hydrolysis) is 1. The molecule has 0 radical (unpaired) electrons. The van der Waals surface area contributed by atoms with Crippen LogP contribution in [-0.4, -0.2) is 30.3 Å². The van der Waals surface area contributed by atoms with E-state index in [2.05, 4.69) is 10.1 Å². The summed E-state index contributed by atoms with van der Waals surface area (Å²) in [5.41, 5.74) is 0. The zero-order valence-corrected chi connectivity index (χ0v) is 8.91. The van der Waals surface area contributed by atoms with Gasteiger partial charge in [-0.1, -0.05) is 6.07 Å². The monoisotopic (exact) mass is 229 g/mol. The van der Waals surface area contributed by atoms with E-state index in [-0.39, 0.29) is 6.42 Å². The van der Waals surface area contributed by atoms with Gasteiger partial charge in [-0.15, -0.1) is 11.3 Å². The Hall–Kier alpha value is -1.56. The number of rotatable bonds is 4. The van der Waals surface area contributed by atoms with E-state index >= 15 is 0 Å². The van der Waals surface area contributed by atoms with Gasteiger partial charge in [0.25, 0.3) is 0 Å². The third-order valence-corrected chi connectivity index (χ3v) is 2.66. The van der Waals surface area contributed by atoms with Crippen molar-refractivity contribution in [2.24, 2.45) is 0 Å². The quantitative estimate of drug-likeness (QED) is 0.810. The first-order valence-corrected chi connectivity index (χ1v) is 5.11. The van der Waals surface area contributed by atoms with Gasteiger partial charge < -0.3 is 15.2 Å². The van der Waals surface area contributed by atoms with Gasteiger partial charge >= 0.3 is 12.1 Å². The Kier molecular flexibility index (Phi) is 4.11. The van der Waals surface area contributed by atoms with E-state index in [0.717, 1.165) is 4.88 Å². The highest BCUT2D eigenvalue weighted by Crippen LogP contribution is 2.11. The van der Waals surface area contributed by atoms with Crippen molar-refractivity contribution >= 4 is 23.4 Å². The summed E-state index contributed by atoms with van der Waals surface area (Å²) in [6, 6.07) is 2.70. The molecule has 1 amide bonds. The molecule has 0 spiro atoms. The van der Waals surface area contributed by atoms with Crippen LogP contribution < -0.4 is 5.32 Å². The van der Waals surface area contributed by atoms with Gasteiger partial charge in [0, 0.05) is 11.3 Å². The van der Waals surface area contributed by atoms with Gasteiger partial charge in [-0.2, -0.15) is 0 Å². The number of hydrogen-bond acceptors (Lipinski definition) is 4. The first kappa shape index (κ1) is 11.5. The zero-order valence-electron chi connectivity index (χ0n) is 8.10. The number of aliphatic carboxylic acids is 1. The molecule has 0 aliphatic carbocycles. The number of carbonyl (C=O) groups excluding carboxylic acids is 1. The minimum Gasteiger partial charge on any atom is -0.480 e. The maximum Gasteiger partial charge on any atom is 0.407 e. The average Bonchev–Trinajstić information content (AvgIpc) is 2.69. The predicted molar refractivity (Wildman–Crippen MR) is 55.0 cm³/mol. The van der Waals surface area contributed by atoms with Gasteiger partial charge in [0.2, 0.25) is 0 Å². The number of hydrogen-bond donors (Lipinski definition) is 2. The molecule has 0 aliphatic rings. The lowest BCUT2D eigenvalue weighted by Gasteiger charge is -2.12.